The van der Waals surface area contributed by atoms with Crippen LogP contribution in [0.2, 0.25) is 0 Å². The van der Waals surface area contributed by atoms with E-state index in [1.807, 2.05) is 48.5 Å². The molecule has 24 heavy (non-hydrogen) atoms. The van der Waals surface area contributed by atoms with E-state index >= 15 is 0 Å². The van der Waals surface area contributed by atoms with Gasteiger partial charge in [-0.1, -0.05) is 47.6 Å². The molecule has 118 valence electrons. The van der Waals surface area contributed by atoms with Crippen LogP contribution in [0.5, 0.6) is 0 Å². The van der Waals surface area contributed by atoms with Gasteiger partial charge in [0.1, 0.15) is 5.52 Å². The van der Waals surface area contributed by atoms with Gasteiger partial charge in [-0.15, -0.1) is 0 Å². The zero-order valence-corrected chi connectivity index (χ0v) is 12.8. The number of hydrogen-bond donors (Lipinski definition) is 0. The fourth-order valence-electron chi connectivity index (χ4n) is 2.38. The average molecular weight is 319 g/mol. The summed E-state index contributed by atoms with van der Waals surface area (Å²) in [5, 5.41) is 3.86. The normalized spacial score (nSPS) is 10.9. The van der Waals surface area contributed by atoms with E-state index in [2.05, 4.69) is 10.1 Å². The quantitative estimate of drug-likeness (QED) is 0.575. The van der Waals surface area contributed by atoms with Crippen LogP contribution >= 0.6 is 0 Å². The molecule has 0 aliphatic carbocycles. The third kappa shape index (κ3) is 2.44. The van der Waals surface area contributed by atoms with Gasteiger partial charge in [0.25, 0.3) is 5.91 Å². The highest BCUT2D eigenvalue weighted by Gasteiger charge is 2.22. The zero-order valence-electron chi connectivity index (χ0n) is 12.8. The first-order chi connectivity index (χ1) is 11.7. The molecule has 2 aromatic carbocycles. The van der Waals surface area contributed by atoms with Crippen LogP contribution in [0.25, 0.3) is 22.4 Å². The van der Waals surface area contributed by atoms with Crippen molar-refractivity contribution >= 4 is 23.0 Å². The summed E-state index contributed by atoms with van der Waals surface area (Å²) < 4.78 is 10.9. The van der Waals surface area contributed by atoms with E-state index in [0.717, 1.165) is 5.56 Å². The number of oxazole rings is 1. The molecule has 0 atom stereocenters. The lowest BCUT2D eigenvalue weighted by Crippen LogP contribution is -2.26. The van der Waals surface area contributed by atoms with Gasteiger partial charge in [-0.3, -0.25) is 9.69 Å². The van der Waals surface area contributed by atoms with Gasteiger partial charge < -0.3 is 8.94 Å². The molecule has 4 rings (SSSR count). The van der Waals surface area contributed by atoms with Crippen LogP contribution in [0, 0.1) is 0 Å². The number of carbonyl (C=O) groups excluding carboxylic acids is 1. The maximum absolute atomic E-state index is 12.6. The van der Waals surface area contributed by atoms with Gasteiger partial charge >= 0.3 is 6.01 Å². The van der Waals surface area contributed by atoms with Crippen molar-refractivity contribution in [2.45, 2.75) is 0 Å². The summed E-state index contributed by atoms with van der Waals surface area (Å²) in [6.45, 7) is 0. The van der Waals surface area contributed by atoms with E-state index in [1.165, 1.54) is 4.90 Å². The topological polar surface area (TPSA) is 72.4 Å². The standard InChI is InChI=1S/C18H13N3O3/c1-21(18-19-13-9-5-6-10-15(13)23-18)17(22)14-11-16(24-20-14)12-7-3-2-4-8-12/h2-11H,1H3. The number of anilines is 1. The second-order valence-electron chi connectivity index (χ2n) is 5.27. The summed E-state index contributed by atoms with van der Waals surface area (Å²) in [5.41, 5.74) is 2.36. The number of aromatic nitrogens is 2. The fraction of sp³-hybridized carbons (Fsp3) is 0.0556. The number of hydrogen-bond acceptors (Lipinski definition) is 5. The molecule has 0 saturated heterocycles. The highest BCUT2D eigenvalue weighted by Crippen LogP contribution is 2.24. The van der Waals surface area contributed by atoms with Crippen LogP contribution in [-0.2, 0) is 0 Å². The Bertz CT molecular complexity index is 971. The summed E-state index contributed by atoms with van der Waals surface area (Å²) in [6.07, 6.45) is 0. The molecular weight excluding hydrogens is 306 g/mol. The fourth-order valence-corrected chi connectivity index (χ4v) is 2.38. The van der Waals surface area contributed by atoms with Crippen molar-refractivity contribution in [3.63, 3.8) is 0 Å². The van der Waals surface area contributed by atoms with Crippen molar-refractivity contribution in [3.05, 3.63) is 66.4 Å². The smallest absolute Gasteiger partial charge is 0.305 e. The molecule has 6 nitrogen and oxygen atoms in total. The van der Waals surface area contributed by atoms with Crippen LogP contribution in [0.4, 0.5) is 6.01 Å². The van der Waals surface area contributed by atoms with Gasteiger partial charge in [0.05, 0.1) is 0 Å². The van der Waals surface area contributed by atoms with Gasteiger partial charge in [0.15, 0.2) is 17.0 Å². The first-order valence-corrected chi connectivity index (χ1v) is 7.38. The van der Waals surface area contributed by atoms with Crippen molar-refractivity contribution in [1.29, 1.82) is 0 Å². The van der Waals surface area contributed by atoms with Crippen molar-refractivity contribution in [2.75, 3.05) is 11.9 Å². The second-order valence-corrected chi connectivity index (χ2v) is 5.27. The van der Waals surface area contributed by atoms with E-state index in [1.54, 1.807) is 19.2 Å². The summed E-state index contributed by atoms with van der Waals surface area (Å²) in [7, 11) is 1.59. The van der Waals surface area contributed by atoms with E-state index in [-0.39, 0.29) is 17.6 Å². The SMILES string of the molecule is CN(C(=O)c1cc(-c2ccccc2)on1)c1nc2ccccc2o1. The van der Waals surface area contributed by atoms with Crippen LogP contribution < -0.4 is 4.90 Å². The number of carbonyl (C=O) groups is 1. The molecule has 0 fully saturated rings. The Kier molecular flexibility index (Phi) is 3.35. The Balaban J connectivity index is 1.62. The molecule has 1 amide bonds. The average Bonchev–Trinajstić information content (AvgIpc) is 3.28. The largest absolute Gasteiger partial charge is 0.423 e. The Morgan fingerprint density at radius 3 is 2.58 bits per heavy atom. The maximum Gasteiger partial charge on any atom is 0.305 e. The molecule has 2 aromatic heterocycles. The lowest BCUT2D eigenvalue weighted by atomic mass is 10.1. The highest BCUT2D eigenvalue weighted by atomic mass is 16.5. The minimum atomic E-state index is -0.354. The Morgan fingerprint density at radius 2 is 1.79 bits per heavy atom. The molecule has 2 heterocycles. The highest BCUT2D eigenvalue weighted by molar-refractivity contribution is 6.04. The molecule has 6 heteroatoms. The third-order valence-corrected chi connectivity index (χ3v) is 3.66. The number of rotatable bonds is 3. The molecular formula is C18H13N3O3. The predicted octanol–water partition coefficient (Wildman–Crippen LogP) is 3.76. The zero-order chi connectivity index (χ0) is 16.5. The Morgan fingerprint density at radius 1 is 1.04 bits per heavy atom. The van der Waals surface area contributed by atoms with Gasteiger partial charge in [0, 0.05) is 18.7 Å². The number of para-hydroxylation sites is 2. The van der Waals surface area contributed by atoms with Crippen LogP contribution in [-0.4, -0.2) is 23.1 Å². The summed E-state index contributed by atoms with van der Waals surface area (Å²) in [4.78, 5) is 18.2. The lowest BCUT2D eigenvalue weighted by molar-refractivity contribution is 0.0980. The van der Waals surface area contributed by atoms with Crippen LogP contribution in [0.1, 0.15) is 10.5 Å². The minimum absolute atomic E-state index is 0.193. The van der Waals surface area contributed by atoms with Gasteiger partial charge in [-0.2, -0.15) is 4.98 Å². The monoisotopic (exact) mass is 319 g/mol. The number of nitrogens with zero attached hydrogens (tertiary/aromatic N) is 3. The lowest BCUT2D eigenvalue weighted by Gasteiger charge is -2.09. The predicted molar refractivity (Wildman–Crippen MR) is 88.7 cm³/mol. The van der Waals surface area contributed by atoms with E-state index in [9.17, 15) is 4.79 Å². The van der Waals surface area contributed by atoms with Crippen molar-refractivity contribution in [2.24, 2.45) is 0 Å². The molecule has 4 aromatic rings. The van der Waals surface area contributed by atoms with Crippen LogP contribution in [0.3, 0.4) is 0 Å². The minimum Gasteiger partial charge on any atom is -0.423 e. The Hall–Kier alpha value is -3.41. The molecule has 0 N–H and O–H groups in total. The van der Waals surface area contributed by atoms with E-state index in [4.69, 9.17) is 8.94 Å². The summed E-state index contributed by atoms with van der Waals surface area (Å²) in [5.74, 6) is 0.178. The van der Waals surface area contributed by atoms with Gasteiger partial charge in [-0.05, 0) is 12.1 Å². The second kappa shape index (κ2) is 5.66. The molecule has 0 saturated carbocycles. The number of amides is 1. The summed E-state index contributed by atoms with van der Waals surface area (Å²) in [6, 6.07) is 18.6. The van der Waals surface area contributed by atoms with Crippen molar-refractivity contribution in [1.82, 2.24) is 10.1 Å². The molecule has 0 bridgehead atoms. The number of benzene rings is 2. The van der Waals surface area contributed by atoms with Gasteiger partial charge in [0.2, 0.25) is 0 Å². The van der Waals surface area contributed by atoms with E-state index in [0.29, 0.717) is 16.9 Å². The van der Waals surface area contributed by atoms with Crippen molar-refractivity contribution in [3.8, 4) is 11.3 Å². The first-order valence-electron chi connectivity index (χ1n) is 7.38. The molecule has 0 unspecified atom stereocenters. The first kappa shape index (κ1) is 14.2. The summed E-state index contributed by atoms with van der Waals surface area (Å²) >= 11 is 0. The molecule has 0 radical (unpaired) electrons. The number of fused-ring (bicyclic) bond motifs is 1. The molecule has 0 spiro atoms. The van der Waals surface area contributed by atoms with Crippen molar-refractivity contribution < 1.29 is 13.7 Å². The van der Waals surface area contributed by atoms with E-state index < -0.39 is 0 Å². The third-order valence-electron chi connectivity index (χ3n) is 3.66. The van der Waals surface area contributed by atoms with Gasteiger partial charge in [-0.25, -0.2) is 0 Å². The van der Waals surface area contributed by atoms with Crippen LogP contribution in [0.15, 0.2) is 69.6 Å². The maximum atomic E-state index is 12.6. The Labute approximate surface area is 137 Å². The molecule has 0 aliphatic heterocycles. The molecule has 0 aliphatic rings.